The molecule has 1 aromatic heterocycles. The largest absolute Gasteiger partial charge is 0.396 e. The lowest BCUT2D eigenvalue weighted by atomic mass is 9.95. The zero-order valence-corrected chi connectivity index (χ0v) is 8.84. The second kappa shape index (κ2) is 5.07. The summed E-state index contributed by atoms with van der Waals surface area (Å²) in [7, 11) is 0. The van der Waals surface area contributed by atoms with Gasteiger partial charge in [-0.3, -0.25) is 4.98 Å². The fourth-order valence-electron chi connectivity index (χ4n) is 2.15. The molecule has 1 atom stereocenters. The van der Waals surface area contributed by atoms with E-state index in [1.165, 1.54) is 12.8 Å². The van der Waals surface area contributed by atoms with Crippen molar-refractivity contribution in [2.75, 3.05) is 24.6 Å². The molecule has 1 unspecified atom stereocenters. The summed E-state index contributed by atoms with van der Waals surface area (Å²) in [6, 6.07) is 0. The van der Waals surface area contributed by atoms with Crippen molar-refractivity contribution in [1.29, 1.82) is 0 Å². The zero-order chi connectivity index (χ0) is 10.5. The molecule has 0 bridgehead atoms. The molecule has 4 nitrogen and oxygen atoms in total. The van der Waals surface area contributed by atoms with Crippen LogP contribution in [0.15, 0.2) is 18.6 Å². The van der Waals surface area contributed by atoms with Crippen LogP contribution in [0.1, 0.15) is 19.3 Å². The monoisotopic (exact) mass is 207 g/mol. The molecule has 2 heterocycles. The minimum atomic E-state index is 0.291. The second-order valence-corrected chi connectivity index (χ2v) is 4.03. The minimum absolute atomic E-state index is 0.291. The van der Waals surface area contributed by atoms with Crippen molar-refractivity contribution in [2.24, 2.45) is 5.92 Å². The van der Waals surface area contributed by atoms with Gasteiger partial charge in [-0.15, -0.1) is 0 Å². The van der Waals surface area contributed by atoms with Gasteiger partial charge in [0.1, 0.15) is 5.82 Å². The van der Waals surface area contributed by atoms with Gasteiger partial charge in [0.05, 0.1) is 6.20 Å². The van der Waals surface area contributed by atoms with Gasteiger partial charge in [0.15, 0.2) is 0 Å². The van der Waals surface area contributed by atoms with Gasteiger partial charge in [-0.2, -0.15) is 0 Å². The van der Waals surface area contributed by atoms with Crippen LogP contribution in [0.3, 0.4) is 0 Å². The molecule has 0 aromatic carbocycles. The Morgan fingerprint density at radius 2 is 2.40 bits per heavy atom. The number of aromatic nitrogens is 2. The standard InChI is InChI=1S/C11H17N3O/c15-7-3-10-2-1-6-14(9-10)11-8-12-4-5-13-11/h4-5,8,10,15H,1-3,6-7,9H2. The molecule has 0 radical (unpaired) electrons. The van der Waals surface area contributed by atoms with E-state index in [2.05, 4.69) is 14.9 Å². The Balaban J connectivity index is 1.98. The Bertz CT molecular complexity index is 289. The molecule has 1 aliphatic heterocycles. The third kappa shape index (κ3) is 2.65. The average Bonchev–Trinajstić information content (AvgIpc) is 2.31. The molecule has 4 heteroatoms. The smallest absolute Gasteiger partial charge is 0.147 e. The first-order valence-electron chi connectivity index (χ1n) is 5.52. The summed E-state index contributed by atoms with van der Waals surface area (Å²) in [4.78, 5) is 10.6. The molecule has 1 fully saturated rings. The van der Waals surface area contributed by atoms with Crippen molar-refractivity contribution >= 4 is 5.82 Å². The predicted octanol–water partition coefficient (Wildman–Crippen LogP) is 1.08. The molecule has 1 aliphatic rings. The summed E-state index contributed by atoms with van der Waals surface area (Å²) >= 11 is 0. The highest BCUT2D eigenvalue weighted by molar-refractivity contribution is 5.35. The number of rotatable bonds is 3. The van der Waals surface area contributed by atoms with Crippen LogP contribution in [0.4, 0.5) is 5.82 Å². The fraction of sp³-hybridized carbons (Fsp3) is 0.636. The third-order valence-electron chi connectivity index (χ3n) is 2.93. The van der Waals surface area contributed by atoms with E-state index in [1.54, 1.807) is 18.6 Å². The Hall–Kier alpha value is -1.16. The van der Waals surface area contributed by atoms with Gasteiger partial charge in [0, 0.05) is 32.1 Å². The van der Waals surface area contributed by atoms with E-state index in [-0.39, 0.29) is 0 Å². The van der Waals surface area contributed by atoms with E-state index in [1.807, 2.05) is 0 Å². The number of aliphatic hydroxyl groups excluding tert-OH is 1. The number of nitrogens with zero attached hydrogens (tertiary/aromatic N) is 3. The number of hydrogen-bond donors (Lipinski definition) is 1. The van der Waals surface area contributed by atoms with Crippen molar-refractivity contribution in [3.63, 3.8) is 0 Å². The van der Waals surface area contributed by atoms with Crippen molar-refractivity contribution in [3.05, 3.63) is 18.6 Å². The van der Waals surface area contributed by atoms with Gasteiger partial charge in [-0.1, -0.05) is 0 Å². The molecule has 1 saturated heterocycles. The van der Waals surface area contributed by atoms with E-state index >= 15 is 0 Å². The summed E-state index contributed by atoms with van der Waals surface area (Å²) in [6.45, 7) is 2.35. The molecule has 15 heavy (non-hydrogen) atoms. The molecular formula is C11H17N3O. The molecule has 82 valence electrons. The first-order valence-corrected chi connectivity index (χ1v) is 5.52. The van der Waals surface area contributed by atoms with Crippen LogP contribution < -0.4 is 4.90 Å². The Morgan fingerprint density at radius 3 is 3.13 bits per heavy atom. The maximum Gasteiger partial charge on any atom is 0.147 e. The van der Waals surface area contributed by atoms with E-state index in [0.29, 0.717) is 12.5 Å². The molecule has 0 spiro atoms. The molecule has 2 rings (SSSR count). The first-order chi connectivity index (χ1) is 7.40. The van der Waals surface area contributed by atoms with Crippen LogP contribution in [0, 0.1) is 5.92 Å². The van der Waals surface area contributed by atoms with E-state index in [0.717, 1.165) is 25.3 Å². The van der Waals surface area contributed by atoms with Gasteiger partial charge in [0.25, 0.3) is 0 Å². The Labute approximate surface area is 90.0 Å². The SMILES string of the molecule is OCCC1CCCN(c2cnccn2)C1. The summed E-state index contributed by atoms with van der Waals surface area (Å²) < 4.78 is 0. The average molecular weight is 207 g/mol. The van der Waals surface area contributed by atoms with Crippen LogP contribution >= 0.6 is 0 Å². The quantitative estimate of drug-likeness (QED) is 0.805. The third-order valence-corrected chi connectivity index (χ3v) is 2.93. The van der Waals surface area contributed by atoms with E-state index in [9.17, 15) is 0 Å². The number of hydrogen-bond acceptors (Lipinski definition) is 4. The van der Waals surface area contributed by atoms with Crippen molar-refractivity contribution in [1.82, 2.24) is 9.97 Å². The fourth-order valence-corrected chi connectivity index (χ4v) is 2.15. The number of aliphatic hydroxyl groups is 1. The van der Waals surface area contributed by atoms with Crippen LogP contribution in [0.25, 0.3) is 0 Å². The van der Waals surface area contributed by atoms with Gasteiger partial charge in [-0.05, 0) is 25.2 Å². The lowest BCUT2D eigenvalue weighted by Gasteiger charge is -2.33. The normalized spacial score (nSPS) is 21.7. The zero-order valence-electron chi connectivity index (χ0n) is 8.84. The first kappa shape index (κ1) is 10.4. The topological polar surface area (TPSA) is 49.2 Å². The van der Waals surface area contributed by atoms with Gasteiger partial charge < -0.3 is 10.0 Å². The van der Waals surface area contributed by atoms with Gasteiger partial charge >= 0.3 is 0 Å². The highest BCUT2D eigenvalue weighted by Gasteiger charge is 2.20. The maximum absolute atomic E-state index is 8.93. The summed E-state index contributed by atoms with van der Waals surface area (Å²) in [6.07, 6.45) is 8.53. The van der Waals surface area contributed by atoms with Crippen LogP contribution in [-0.4, -0.2) is 34.8 Å². The maximum atomic E-state index is 8.93. The van der Waals surface area contributed by atoms with E-state index in [4.69, 9.17) is 5.11 Å². The number of anilines is 1. The summed E-state index contributed by atoms with van der Waals surface area (Å²) in [5.74, 6) is 1.56. The lowest BCUT2D eigenvalue weighted by Crippen LogP contribution is -2.36. The molecular weight excluding hydrogens is 190 g/mol. The Kier molecular flexibility index (Phi) is 3.50. The molecule has 0 saturated carbocycles. The highest BCUT2D eigenvalue weighted by Crippen LogP contribution is 2.22. The Morgan fingerprint density at radius 1 is 1.47 bits per heavy atom. The number of piperidine rings is 1. The lowest BCUT2D eigenvalue weighted by molar-refractivity contribution is 0.244. The second-order valence-electron chi connectivity index (χ2n) is 4.03. The molecule has 1 aromatic rings. The van der Waals surface area contributed by atoms with Crippen molar-refractivity contribution in [3.8, 4) is 0 Å². The molecule has 0 amide bonds. The molecule has 1 N–H and O–H groups in total. The van der Waals surface area contributed by atoms with E-state index < -0.39 is 0 Å². The van der Waals surface area contributed by atoms with Crippen molar-refractivity contribution < 1.29 is 5.11 Å². The summed E-state index contributed by atoms with van der Waals surface area (Å²) in [5, 5.41) is 8.93. The van der Waals surface area contributed by atoms with Crippen LogP contribution in [0.5, 0.6) is 0 Å². The van der Waals surface area contributed by atoms with Gasteiger partial charge in [0.2, 0.25) is 0 Å². The van der Waals surface area contributed by atoms with Gasteiger partial charge in [-0.25, -0.2) is 4.98 Å². The minimum Gasteiger partial charge on any atom is -0.396 e. The predicted molar refractivity (Wildman–Crippen MR) is 58.7 cm³/mol. The summed E-state index contributed by atoms with van der Waals surface area (Å²) in [5.41, 5.74) is 0. The van der Waals surface area contributed by atoms with Crippen LogP contribution in [0.2, 0.25) is 0 Å². The highest BCUT2D eigenvalue weighted by atomic mass is 16.3. The van der Waals surface area contributed by atoms with Crippen LogP contribution in [-0.2, 0) is 0 Å². The molecule has 0 aliphatic carbocycles. The van der Waals surface area contributed by atoms with Crippen molar-refractivity contribution in [2.45, 2.75) is 19.3 Å².